The number of carboxylic acids is 1. The van der Waals surface area contributed by atoms with Gasteiger partial charge in [-0.1, -0.05) is 13.3 Å². The number of β-amino-alcohol motifs (C(OH)–C–C–N with tert-alkyl or cyclic N) is 1. The van der Waals surface area contributed by atoms with Gasteiger partial charge in [0.25, 0.3) is 5.91 Å². The van der Waals surface area contributed by atoms with Crippen LogP contribution < -0.4 is 9.47 Å². The number of aliphatic carboxylic acids is 1. The van der Waals surface area contributed by atoms with E-state index in [1.54, 1.807) is 55.6 Å². The number of aliphatic hydroxyl groups is 1. The number of amides is 1. The monoisotopic (exact) mass is 413 g/mol. The number of benzene rings is 2. The lowest BCUT2D eigenvalue weighted by Gasteiger charge is -2.42. The number of hydrogen-bond donors (Lipinski definition) is 2. The van der Waals surface area contributed by atoms with Gasteiger partial charge in [0.15, 0.2) is 0 Å². The van der Waals surface area contributed by atoms with Crippen LogP contribution in [0.3, 0.4) is 0 Å². The van der Waals surface area contributed by atoms with E-state index in [4.69, 9.17) is 9.47 Å². The summed E-state index contributed by atoms with van der Waals surface area (Å²) in [6.45, 7) is 2.20. The normalized spacial score (nSPS) is 21.2. The Bertz CT molecular complexity index is 880. The molecule has 2 aromatic rings. The SMILES string of the molecule is CCC[C@]1(C(=O)O)CCN(C(=O)c2ccc(Oc3ccc(OC)cc3)cc2)C[C@H]1O. The van der Waals surface area contributed by atoms with Gasteiger partial charge in [0.05, 0.1) is 18.6 Å². The summed E-state index contributed by atoms with van der Waals surface area (Å²) in [6.07, 6.45) is 0.197. The van der Waals surface area contributed by atoms with Gasteiger partial charge in [0.1, 0.15) is 17.2 Å². The second-order valence-electron chi connectivity index (χ2n) is 7.53. The van der Waals surface area contributed by atoms with Gasteiger partial charge in [-0.05, 0) is 61.4 Å². The number of ether oxygens (including phenoxy) is 2. The van der Waals surface area contributed by atoms with E-state index in [0.717, 1.165) is 5.75 Å². The molecule has 1 aliphatic heterocycles. The van der Waals surface area contributed by atoms with Crippen molar-refractivity contribution in [3.8, 4) is 17.2 Å². The van der Waals surface area contributed by atoms with E-state index in [2.05, 4.69) is 0 Å². The van der Waals surface area contributed by atoms with Gasteiger partial charge in [0.2, 0.25) is 0 Å². The molecule has 1 heterocycles. The highest BCUT2D eigenvalue weighted by Crippen LogP contribution is 2.37. The zero-order chi connectivity index (χ0) is 21.7. The van der Waals surface area contributed by atoms with Crippen molar-refractivity contribution in [3.05, 3.63) is 54.1 Å². The number of aliphatic hydroxyl groups excluding tert-OH is 1. The predicted octanol–water partition coefficient (Wildman–Crippen LogP) is 3.57. The molecule has 7 heteroatoms. The molecule has 0 radical (unpaired) electrons. The van der Waals surface area contributed by atoms with Crippen molar-refractivity contribution in [2.45, 2.75) is 32.3 Å². The van der Waals surface area contributed by atoms with E-state index in [1.807, 2.05) is 6.92 Å². The highest BCUT2D eigenvalue weighted by molar-refractivity contribution is 5.94. The van der Waals surface area contributed by atoms with E-state index in [1.165, 1.54) is 4.90 Å². The molecule has 2 aromatic carbocycles. The molecule has 0 unspecified atom stereocenters. The third-order valence-electron chi connectivity index (χ3n) is 5.66. The third kappa shape index (κ3) is 4.41. The summed E-state index contributed by atoms with van der Waals surface area (Å²) in [5.74, 6) is 0.737. The smallest absolute Gasteiger partial charge is 0.312 e. The number of rotatable bonds is 7. The minimum Gasteiger partial charge on any atom is -0.497 e. The molecule has 30 heavy (non-hydrogen) atoms. The predicted molar refractivity (Wildman–Crippen MR) is 111 cm³/mol. The van der Waals surface area contributed by atoms with Crippen molar-refractivity contribution in [2.24, 2.45) is 5.41 Å². The standard InChI is InChI=1S/C23H27NO6/c1-3-12-23(22(27)28)13-14-24(15-20(23)25)21(26)16-4-6-18(7-5-16)30-19-10-8-17(29-2)9-11-19/h4-11,20,25H,3,12-15H2,1-2H3,(H,27,28)/t20-,23+/m1/s1. The lowest BCUT2D eigenvalue weighted by Crippen LogP contribution is -2.56. The van der Waals surface area contributed by atoms with E-state index in [0.29, 0.717) is 36.4 Å². The average Bonchev–Trinajstić information content (AvgIpc) is 2.75. The van der Waals surface area contributed by atoms with Crippen LogP contribution in [0.5, 0.6) is 17.2 Å². The van der Waals surface area contributed by atoms with Crippen LogP contribution >= 0.6 is 0 Å². The summed E-state index contributed by atoms with van der Waals surface area (Å²) in [4.78, 5) is 26.1. The molecule has 0 bridgehead atoms. The molecule has 2 atom stereocenters. The number of likely N-dealkylation sites (tertiary alicyclic amines) is 1. The van der Waals surface area contributed by atoms with Crippen LogP contribution in [0.4, 0.5) is 0 Å². The lowest BCUT2D eigenvalue weighted by atomic mass is 9.72. The van der Waals surface area contributed by atoms with E-state index in [-0.39, 0.29) is 18.9 Å². The van der Waals surface area contributed by atoms with E-state index < -0.39 is 17.5 Å². The second-order valence-corrected chi connectivity index (χ2v) is 7.53. The van der Waals surface area contributed by atoms with Crippen molar-refractivity contribution < 1.29 is 29.3 Å². The molecule has 3 rings (SSSR count). The molecule has 0 aromatic heterocycles. The minimum atomic E-state index is -1.18. The summed E-state index contributed by atoms with van der Waals surface area (Å²) in [6, 6.07) is 13.9. The number of methoxy groups -OCH3 is 1. The van der Waals surface area contributed by atoms with Crippen molar-refractivity contribution in [2.75, 3.05) is 20.2 Å². The van der Waals surface area contributed by atoms with E-state index in [9.17, 15) is 19.8 Å². The van der Waals surface area contributed by atoms with Gasteiger partial charge in [-0.3, -0.25) is 9.59 Å². The van der Waals surface area contributed by atoms with Crippen molar-refractivity contribution in [1.29, 1.82) is 0 Å². The summed E-state index contributed by atoms with van der Waals surface area (Å²) in [5.41, 5.74) is -0.718. The fraction of sp³-hybridized carbons (Fsp3) is 0.391. The summed E-state index contributed by atoms with van der Waals surface area (Å²) >= 11 is 0. The van der Waals surface area contributed by atoms with Crippen molar-refractivity contribution in [3.63, 3.8) is 0 Å². The fourth-order valence-electron chi connectivity index (χ4n) is 3.88. The Hall–Kier alpha value is -3.06. The summed E-state index contributed by atoms with van der Waals surface area (Å²) in [7, 11) is 1.60. The molecule has 2 N–H and O–H groups in total. The second kappa shape index (κ2) is 9.17. The Morgan fingerprint density at radius 2 is 1.63 bits per heavy atom. The molecular formula is C23H27NO6. The Labute approximate surface area is 175 Å². The van der Waals surface area contributed by atoms with Gasteiger partial charge in [-0.25, -0.2) is 0 Å². The Balaban J connectivity index is 1.65. The Morgan fingerprint density at radius 3 is 2.13 bits per heavy atom. The van der Waals surface area contributed by atoms with Crippen LogP contribution in [0.1, 0.15) is 36.5 Å². The van der Waals surface area contributed by atoms with Crippen LogP contribution in [0.15, 0.2) is 48.5 Å². The molecule has 0 saturated carbocycles. The molecule has 1 fully saturated rings. The van der Waals surface area contributed by atoms with Gasteiger partial charge in [-0.15, -0.1) is 0 Å². The van der Waals surface area contributed by atoms with Gasteiger partial charge >= 0.3 is 5.97 Å². The zero-order valence-electron chi connectivity index (χ0n) is 17.2. The summed E-state index contributed by atoms with van der Waals surface area (Å²) < 4.78 is 10.9. The van der Waals surface area contributed by atoms with Crippen LogP contribution in [-0.2, 0) is 4.79 Å². The number of piperidine rings is 1. The largest absolute Gasteiger partial charge is 0.497 e. The molecule has 1 aliphatic rings. The third-order valence-corrected chi connectivity index (χ3v) is 5.66. The first-order chi connectivity index (χ1) is 14.4. The number of carbonyl (C=O) groups is 2. The quantitative estimate of drug-likeness (QED) is 0.720. The number of nitrogens with zero attached hydrogens (tertiary/aromatic N) is 1. The Morgan fingerprint density at radius 1 is 1.07 bits per heavy atom. The lowest BCUT2D eigenvalue weighted by molar-refractivity contribution is -0.162. The zero-order valence-corrected chi connectivity index (χ0v) is 17.2. The maximum atomic E-state index is 12.8. The first-order valence-corrected chi connectivity index (χ1v) is 10.0. The highest BCUT2D eigenvalue weighted by Gasteiger charge is 2.48. The highest BCUT2D eigenvalue weighted by atomic mass is 16.5. The average molecular weight is 413 g/mol. The van der Waals surface area contributed by atoms with Crippen molar-refractivity contribution in [1.82, 2.24) is 4.90 Å². The maximum Gasteiger partial charge on any atom is 0.312 e. The topological polar surface area (TPSA) is 96.3 Å². The number of carboxylic acid groups (broad SMARTS) is 1. The Kier molecular flexibility index (Phi) is 6.62. The molecule has 0 aliphatic carbocycles. The van der Waals surface area contributed by atoms with Gasteiger partial charge in [0, 0.05) is 18.7 Å². The summed E-state index contributed by atoms with van der Waals surface area (Å²) in [5, 5.41) is 20.2. The molecule has 160 valence electrons. The molecule has 7 nitrogen and oxygen atoms in total. The van der Waals surface area contributed by atoms with Gasteiger partial charge in [-0.2, -0.15) is 0 Å². The number of carbonyl (C=O) groups excluding carboxylic acids is 1. The van der Waals surface area contributed by atoms with Crippen LogP contribution in [-0.4, -0.2) is 53.3 Å². The minimum absolute atomic E-state index is 0.00916. The van der Waals surface area contributed by atoms with E-state index >= 15 is 0 Å². The van der Waals surface area contributed by atoms with Crippen LogP contribution in [0, 0.1) is 5.41 Å². The molecule has 1 amide bonds. The molecular weight excluding hydrogens is 386 g/mol. The number of hydrogen-bond acceptors (Lipinski definition) is 5. The van der Waals surface area contributed by atoms with Crippen molar-refractivity contribution >= 4 is 11.9 Å². The first kappa shape index (κ1) is 21.6. The first-order valence-electron chi connectivity index (χ1n) is 10.0. The molecule has 1 saturated heterocycles. The fourth-order valence-corrected chi connectivity index (χ4v) is 3.88. The van der Waals surface area contributed by atoms with Gasteiger partial charge < -0.3 is 24.6 Å². The van der Waals surface area contributed by atoms with Crippen LogP contribution in [0.25, 0.3) is 0 Å². The van der Waals surface area contributed by atoms with Crippen LogP contribution in [0.2, 0.25) is 0 Å². The maximum absolute atomic E-state index is 12.8. The molecule has 0 spiro atoms.